The van der Waals surface area contributed by atoms with Gasteiger partial charge in [-0.3, -0.25) is 24.6 Å². The smallest absolute Gasteiger partial charge is 0.412 e. The van der Waals surface area contributed by atoms with Gasteiger partial charge in [0.1, 0.15) is 18.3 Å². The summed E-state index contributed by atoms with van der Waals surface area (Å²) in [6.07, 6.45) is 0.339. The molecule has 0 bridgehead atoms. The van der Waals surface area contributed by atoms with E-state index >= 15 is 0 Å². The number of rotatable bonds is 8. The van der Waals surface area contributed by atoms with Crippen LogP contribution in [0.3, 0.4) is 0 Å². The number of carbonyl (C=O) groups is 5. The molecule has 3 aromatic carbocycles. The molecule has 3 aliphatic heterocycles. The number of esters is 1. The number of ether oxygens (including phenoxy) is 2. The van der Waals surface area contributed by atoms with Crippen molar-refractivity contribution in [3.63, 3.8) is 0 Å². The number of hydrogen-bond donors (Lipinski definition) is 1. The Bertz CT molecular complexity index is 1620. The van der Waals surface area contributed by atoms with Crippen molar-refractivity contribution in [2.24, 2.45) is 5.92 Å². The number of imide groups is 1. The fourth-order valence-electron chi connectivity index (χ4n) is 6.45. The summed E-state index contributed by atoms with van der Waals surface area (Å²) in [5.41, 5.74) is 2.95. The highest BCUT2D eigenvalue weighted by molar-refractivity contribution is 6.21. The summed E-state index contributed by atoms with van der Waals surface area (Å²) < 4.78 is 10.6. The van der Waals surface area contributed by atoms with Crippen LogP contribution in [-0.2, 0) is 25.7 Å². The summed E-state index contributed by atoms with van der Waals surface area (Å²) in [6, 6.07) is 23.8. The molecule has 0 unspecified atom stereocenters. The third kappa shape index (κ3) is 5.34. The van der Waals surface area contributed by atoms with Crippen LogP contribution in [0.5, 0.6) is 0 Å². The number of nitrogens with one attached hydrogen (secondary N) is 1. The van der Waals surface area contributed by atoms with Gasteiger partial charge in [-0.05, 0) is 54.0 Å². The van der Waals surface area contributed by atoms with Crippen molar-refractivity contribution in [2.75, 3.05) is 13.7 Å². The minimum Gasteiger partial charge on any atom is -0.467 e. The van der Waals surface area contributed by atoms with Crippen LogP contribution < -0.4 is 5.32 Å². The number of nitrogens with zero attached hydrogens (tertiary/aromatic N) is 2. The third-order valence-electron chi connectivity index (χ3n) is 8.51. The van der Waals surface area contributed by atoms with Crippen LogP contribution in [-0.4, -0.2) is 65.3 Å². The van der Waals surface area contributed by atoms with Gasteiger partial charge in [0.25, 0.3) is 17.7 Å². The second kappa shape index (κ2) is 12.2. The maximum atomic E-state index is 14.2. The Morgan fingerprint density at radius 1 is 0.841 bits per heavy atom. The summed E-state index contributed by atoms with van der Waals surface area (Å²) in [7, 11) is 1.26. The number of amides is 4. The van der Waals surface area contributed by atoms with Crippen LogP contribution in [0, 0.1) is 5.92 Å². The van der Waals surface area contributed by atoms with E-state index in [0.717, 1.165) is 11.1 Å². The molecule has 10 nitrogen and oxygen atoms in total. The lowest BCUT2D eigenvalue weighted by Crippen LogP contribution is -2.52. The minimum absolute atomic E-state index is 0.0197. The first-order chi connectivity index (χ1) is 21.4. The molecule has 0 aliphatic carbocycles. The largest absolute Gasteiger partial charge is 0.467 e. The van der Waals surface area contributed by atoms with Crippen molar-refractivity contribution in [3.05, 3.63) is 113 Å². The zero-order valence-electron chi connectivity index (χ0n) is 24.1. The normalized spacial score (nSPS) is 20.8. The lowest BCUT2D eigenvalue weighted by atomic mass is 9.90. The molecule has 4 amide bonds. The van der Waals surface area contributed by atoms with Crippen LogP contribution >= 0.6 is 0 Å². The van der Waals surface area contributed by atoms with Crippen LogP contribution in [0.4, 0.5) is 4.79 Å². The Kier molecular flexibility index (Phi) is 7.97. The van der Waals surface area contributed by atoms with Crippen LogP contribution in [0.1, 0.15) is 51.1 Å². The molecule has 0 radical (unpaired) electrons. The quantitative estimate of drug-likeness (QED) is 0.307. The molecule has 0 saturated carbocycles. The molecule has 3 heterocycles. The van der Waals surface area contributed by atoms with E-state index < -0.39 is 24.0 Å². The van der Waals surface area contributed by atoms with E-state index in [2.05, 4.69) is 5.32 Å². The molecule has 1 N–H and O–H groups in total. The van der Waals surface area contributed by atoms with Gasteiger partial charge in [-0.25, -0.2) is 9.59 Å². The van der Waals surface area contributed by atoms with Crippen molar-refractivity contribution in [3.8, 4) is 0 Å². The number of alkyl carbamates (subject to hydrolysis) is 1. The average Bonchev–Trinajstić information content (AvgIpc) is 3.54. The van der Waals surface area contributed by atoms with Crippen LogP contribution in [0.25, 0.3) is 5.57 Å². The molecule has 0 spiro atoms. The lowest BCUT2D eigenvalue weighted by Gasteiger charge is -2.36. The molecule has 0 aromatic heterocycles. The van der Waals surface area contributed by atoms with Crippen molar-refractivity contribution in [1.29, 1.82) is 0 Å². The van der Waals surface area contributed by atoms with Crippen molar-refractivity contribution < 1.29 is 33.4 Å². The zero-order valence-corrected chi connectivity index (χ0v) is 24.1. The third-order valence-corrected chi connectivity index (χ3v) is 8.51. The molecule has 3 atom stereocenters. The van der Waals surface area contributed by atoms with Gasteiger partial charge >= 0.3 is 12.1 Å². The van der Waals surface area contributed by atoms with Gasteiger partial charge in [0.2, 0.25) is 0 Å². The van der Waals surface area contributed by atoms with Crippen molar-refractivity contribution in [1.82, 2.24) is 15.1 Å². The van der Waals surface area contributed by atoms with Crippen LogP contribution in [0.2, 0.25) is 0 Å². The fourth-order valence-corrected chi connectivity index (χ4v) is 6.45. The van der Waals surface area contributed by atoms with E-state index in [1.165, 1.54) is 16.9 Å². The maximum absolute atomic E-state index is 14.2. The highest BCUT2D eigenvalue weighted by atomic mass is 16.5. The summed E-state index contributed by atoms with van der Waals surface area (Å²) in [5, 5.41) is 2.67. The van der Waals surface area contributed by atoms with Gasteiger partial charge in [0.05, 0.1) is 18.2 Å². The second-order valence-electron chi connectivity index (χ2n) is 11.0. The van der Waals surface area contributed by atoms with Gasteiger partial charge in [0, 0.05) is 12.6 Å². The molecular weight excluding hydrogens is 562 g/mol. The first kappa shape index (κ1) is 28.9. The maximum Gasteiger partial charge on any atom is 0.412 e. The number of hydrogen-bond acceptors (Lipinski definition) is 7. The molecule has 6 rings (SSSR count). The average molecular weight is 594 g/mol. The fraction of sp³-hybridized carbons (Fsp3) is 0.265. The predicted molar refractivity (Wildman–Crippen MR) is 159 cm³/mol. The van der Waals surface area contributed by atoms with Gasteiger partial charge in [-0.15, -0.1) is 0 Å². The first-order valence-corrected chi connectivity index (χ1v) is 14.5. The van der Waals surface area contributed by atoms with Gasteiger partial charge in [-0.2, -0.15) is 0 Å². The minimum atomic E-state index is -0.956. The van der Waals surface area contributed by atoms with Crippen molar-refractivity contribution >= 4 is 35.4 Å². The molecule has 3 aromatic rings. The van der Waals surface area contributed by atoms with E-state index in [4.69, 9.17) is 9.47 Å². The number of carbonyl (C=O) groups excluding carboxylic acids is 5. The number of fused-ring (bicyclic) bond motifs is 2. The molecule has 10 heteroatoms. The van der Waals surface area contributed by atoms with E-state index in [-0.39, 0.29) is 42.6 Å². The highest BCUT2D eigenvalue weighted by Gasteiger charge is 2.52. The Morgan fingerprint density at radius 2 is 1.45 bits per heavy atom. The first-order valence-electron chi connectivity index (χ1n) is 14.5. The van der Waals surface area contributed by atoms with E-state index in [1.807, 2.05) is 60.7 Å². The molecule has 3 aliphatic rings. The molecule has 1 fully saturated rings. The summed E-state index contributed by atoms with van der Waals surface area (Å²) in [6.45, 7) is 0.112. The Balaban J connectivity index is 1.24. The summed E-state index contributed by atoms with van der Waals surface area (Å²) in [4.78, 5) is 68.9. The van der Waals surface area contributed by atoms with Crippen molar-refractivity contribution in [2.45, 2.75) is 38.0 Å². The van der Waals surface area contributed by atoms with E-state index in [1.54, 1.807) is 24.3 Å². The standard InChI is InChI=1S/C34H31N3O7/c1-43-33(41)29-23(16-17-36-30(38)25-14-8-9-15-26(25)31(36)39)18-24-19-27(22-12-6-3-7-13-22)28(32(40)37(24)29)35-34(42)44-20-21-10-4-2-5-11-21/h2-15,23-24,29H,16-20H2,1H3,(H,35,42)/t23-,24+,29-/m0/s1. The molecule has 1 saturated heterocycles. The zero-order chi connectivity index (χ0) is 30.8. The van der Waals surface area contributed by atoms with Gasteiger partial charge < -0.3 is 14.4 Å². The van der Waals surface area contributed by atoms with E-state index in [9.17, 15) is 24.0 Å². The topological polar surface area (TPSA) is 122 Å². The monoisotopic (exact) mass is 593 g/mol. The number of benzene rings is 3. The van der Waals surface area contributed by atoms with Gasteiger partial charge in [0.15, 0.2) is 0 Å². The Hall–Kier alpha value is -5.25. The SMILES string of the molecule is COC(=O)[C@@H]1[C@@H](CCN2C(=O)c3ccccc3C2=O)C[C@@H]2CC(c3ccccc3)=C(NC(=O)OCc3ccccc3)C(=O)N21. The number of methoxy groups -OCH3 is 1. The molecule has 44 heavy (non-hydrogen) atoms. The highest BCUT2D eigenvalue weighted by Crippen LogP contribution is 2.43. The van der Waals surface area contributed by atoms with Crippen LogP contribution in [0.15, 0.2) is 90.6 Å². The summed E-state index contributed by atoms with van der Waals surface area (Å²) in [5.74, 6) is -2.25. The van der Waals surface area contributed by atoms with Gasteiger partial charge in [-0.1, -0.05) is 72.8 Å². The molecular formula is C34H31N3O7. The summed E-state index contributed by atoms with van der Waals surface area (Å²) >= 11 is 0. The second-order valence-corrected chi connectivity index (χ2v) is 11.0. The molecule has 224 valence electrons. The van der Waals surface area contributed by atoms with E-state index in [0.29, 0.717) is 36.0 Å². The Labute approximate surface area is 254 Å². The Morgan fingerprint density at radius 3 is 2.09 bits per heavy atom. The predicted octanol–water partition coefficient (Wildman–Crippen LogP) is 4.17. The lowest BCUT2D eigenvalue weighted by molar-refractivity contribution is -0.152.